The summed E-state index contributed by atoms with van der Waals surface area (Å²) in [6.45, 7) is 2.75. The Hall–Kier alpha value is -3.03. The molecule has 0 fully saturated rings. The molecule has 8 heteroatoms. The first kappa shape index (κ1) is 17.4. The summed E-state index contributed by atoms with van der Waals surface area (Å²) in [5.74, 6) is -0.0876. The first-order valence-electron chi connectivity index (χ1n) is 9.19. The van der Waals surface area contributed by atoms with Crippen LogP contribution in [0.15, 0.2) is 18.2 Å². The number of aryl methyl sites for hydroxylation is 2. The summed E-state index contributed by atoms with van der Waals surface area (Å²) in [5.41, 5.74) is 10.9. The van der Waals surface area contributed by atoms with Gasteiger partial charge in [0.25, 0.3) is 5.91 Å². The maximum absolute atomic E-state index is 13.3. The summed E-state index contributed by atoms with van der Waals surface area (Å²) in [6, 6.07) is 5.76. The van der Waals surface area contributed by atoms with E-state index in [1.165, 1.54) is 4.68 Å². The third kappa shape index (κ3) is 3.01. The number of hydrogen-bond donors (Lipinski definition) is 4. The minimum Gasteiger partial charge on any atom is -0.465 e. The van der Waals surface area contributed by atoms with Gasteiger partial charge < -0.3 is 21.5 Å². The fourth-order valence-electron chi connectivity index (χ4n) is 4.18. The number of nitrogen functional groups attached to an aromatic ring is 1. The Morgan fingerprint density at radius 2 is 2.19 bits per heavy atom. The van der Waals surface area contributed by atoms with E-state index >= 15 is 0 Å². The molecule has 8 nitrogen and oxygen atoms in total. The summed E-state index contributed by atoms with van der Waals surface area (Å²) in [5, 5.41) is 19.3. The number of amides is 1. The molecule has 4 rings (SSSR count). The lowest BCUT2D eigenvalue weighted by Gasteiger charge is -2.27. The van der Waals surface area contributed by atoms with Gasteiger partial charge in [-0.1, -0.05) is 18.2 Å². The second-order valence-electron chi connectivity index (χ2n) is 7.26. The number of nitrogens with two attached hydrogens (primary N) is 1. The van der Waals surface area contributed by atoms with Gasteiger partial charge in [0.15, 0.2) is 0 Å². The SMILES string of the molecule is Cc1cccc2c1NCCC2C(=O)n1nc2c(c1N)C[C@@H](NC(=O)O)CC2. The number of anilines is 2. The van der Waals surface area contributed by atoms with E-state index in [9.17, 15) is 9.59 Å². The van der Waals surface area contributed by atoms with Crippen LogP contribution in [-0.2, 0) is 12.8 Å². The van der Waals surface area contributed by atoms with Crippen molar-refractivity contribution in [2.24, 2.45) is 0 Å². The minimum atomic E-state index is -1.05. The predicted octanol–water partition coefficient (Wildman–Crippen LogP) is 2.14. The van der Waals surface area contributed by atoms with Crippen molar-refractivity contribution in [1.29, 1.82) is 0 Å². The van der Waals surface area contributed by atoms with Crippen molar-refractivity contribution in [1.82, 2.24) is 15.1 Å². The first-order valence-corrected chi connectivity index (χ1v) is 9.19. The number of aromatic nitrogens is 2. The Morgan fingerprint density at radius 1 is 1.37 bits per heavy atom. The number of hydrogen-bond acceptors (Lipinski definition) is 5. The van der Waals surface area contributed by atoms with Gasteiger partial charge in [-0.2, -0.15) is 9.78 Å². The van der Waals surface area contributed by atoms with E-state index in [0.717, 1.165) is 34.6 Å². The third-order valence-corrected chi connectivity index (χ3v) is 5.54. The Bertz CT molecular complexity index is 920. The molecular weight excluding hydrogens is 346 g/mol. The van der Waals surface area contributed by atoms with Gasteiger partial charge in [0.2, 0.25) is 0 Å². The van der Waals surface area contributed by atoms with Crippen LogP contribution < -0.4 is 16.4 Å². The number of carbonyl (C=O) groups excluding carboxylic acids is 1. The average Bonchev–Trinajstić information content (AvgIpc) is 2.97. The molecule has 0 bridgehead atoms. The van der Waals surface area contributed by atoms with Crippen LogP contribution >= 0.6 is 0 Å². The van der Waals surface area contributed by atoms with Crippen LogP contribution in [0.2, 0.25) is 0 Å². The molecule has 0 saturated heterocycles. The molecule has 1 aliphatic carbocycles. The molecule has 1 amide bonds. The van der Waals surface area contributed by atoms with E-state index < -0.39 is 6.09 Å². The molecule has 2 atom stereocenters. The highest BCUT2D eigenvalue weighted by Gasteiger charge is 2.33. The van der Waals surface area contributed by atoms with E-state index in [2.05, 4.69) is 15.7 Å². The molecule has 1 aromatic heterocycles. The summed E-state index contributed by atoms with van der Waals surface area (Å²) in [4.78, 5) is 24.2. The first-order chi connectivity index (χ1) is 13.0. The van der Waals surface area contributed by atoms with Crippen molar-refractivity contribution in [3.8, 4) is 0 Å². The second-order valence-corrected chi connectivity index (χ2v) is 7.26. The highest BCUT2D eigenvalue weighted by molar-refractivity contribution is 5.90. The van der Waals surface area contributed by atoms with Gasteiger partial charge in [-0.05, 0) is 43.7 Å². The zero-order valence-corrected chi connectivity index (χ0v) is 15.2. The van der Waals surface area contributed by atoms with Gasteiger partial charge in [0.1, 0.15) is 5.82 Å². The van der Waals surface area contributed by atoms with Crippen LogP contribution in [0.25, 0.3) is 0 Å². The van der Waals surface area contributed by atoms with Crippen molar-refractivity contribution in [3.63, 3.8) is 0 Å². The summed E-state index contributed by atoms with van der Waals surface area (Å²) < 4.78 is 1.33. The molecule has 1 aromatic carbocycles. The maximum atomic E-state index is 13.3. The van der Waals surface area contributed by atoms with Crippen LogP contribution in [0.3, 0.4) is 0 Å². The number of nitrogens with zero attached hydrogens (tertiary/aromatic N) is 2. The van der Waals surface area contributed by atoms with Gasteiger partial charge >= 0.3 is 6.09 Å². The molecule has 0 saturated carbocycles. The molecular formula is C19H23N5O3. The number of rotatable bonds is 2. The fourth-order valence-corrected chi connectivity index (χ4v) is 4.18. The molecule has 2 heterocycles. The number of nitrogens with one attached hydrogen (secondary N) is 2. The fraction of sp³-hybridized carbons (Fsp3) is 0.421. The monoisotopic (exact) mass is 369 g/mol. The molecule has 2 aliphatic rings. The number of benzene rings is 1. The lowest BCUT2D eigenvalue weighted by molar-refractivity contribution is 0.0859. The normalized spacial score (nSPS) is 20.9. The molecule has 1 aliphatic heterocycles. The molecule has 1 unspecified atom stereocenters. The number of para-hydroxylation sites is 1. The van der Waals surface area contributed by atoms with Crippen LogP contribution in [0.1, 0.15) is 45.9 Å². The van der Waals surface area contributed by atoms with Gasteiger partial charge in [-0.25, -0.2) is 4.79 Å². The van der Waals surface area contributed by atoms with Crippen molar-refractivity contribution in [2.75, 3.05) is 17.6 Å². The van der Waals surface area contributed by atoms with E-state index in [4.69, 9.17) is 10.8 Å². The standard InChI is InChI=1S/C19H23N5O3/c1-10-3-2-4-12-13(7-8-21-16(10)12)18(25)24-17(20)14-9-11(22-19(26)27)5-6-15(14)23-24/h2-4,11,13,21-22H,5-9,20H2,1H3,(H,26,27)/t11-,13?/m0/s1. The van der Waals surface area contributed by atoms with Gasteiger partial charge in [-0.3, -0.25) is 4.79 Å². The zero-order chi connectivity index (χ0) is 19.1. The minimum absolute atomic E-state index is 0.127. The lowest BCUT2D eigenvalue weighted by Crippen LogP contribution is -2.37. The number of fused-ring (bicyclic) bond motifs is 2. The Morgan fingerprint density at radius 3 is 2.96 bits per heavy atom. The molecule has 2 aromatic rings. The quantitative estimate of drug-likeness (QED) is 0.643. The maximum Gasteiger partial charge on any atom is 0.404 e. The van der Waals surface area contributed by atoms with Crippen molar-refractivity contribution < 1.29 is 14.7 Å². The molecule has 142 valence electrons. The van der Waals surface area contributed by atoms with Crippen molar-refractivity contribution in [2.45, 2.75) is 44.6 Å². The third-order valence-electron chi connectivity index (χ3n) is 5.54. The Balaban J connectivity index is 1.65. The summed E-state index contributed by atoms with van der Waals surface area (Å²) in [6.07, 6.45) is 1.35. The van der Waals surface area contributed by atoms with Crippen molar-refractivity contribution in [3.05, 3.63) is 40.6 Å². The van der Waals surface area contributed by atoms with Crippen LogP contribution in [0, 0.1) is 6.92 Å². The van der Waals surface area contributed by atoms with E-state index in [0.29, 0.717) is 31.5 Å². The highest BCUT2D eigenvalue weighted by Crippen LogP contribution is 2.36. The highest BCUT2D eigenvalue weighted by atomic mass is 16.4. The van der Waals surface area contributed by atoms with Crippen LogP contribution in [0.4, 0.5) is 16.3 Å². The predicted molar refractivity (Wildman–Crippen MR) is 101 cm³/mol. The lowest BCUT2D eigenvalue weighted by atomic mass is 9.88. The number of carbonyl (C=O) groups is 2. The smallest absolute Gasteiger partial charge is 0.404 e. The molecule has 0 radical (unpaired) electrons. The number of carboxylic acid groups (broad SMARTS) is 1. The van der Waals surface area contributed by atoms with Crippen LogP contribution in [-0.4, -0.2) is 39.5 Å². The Kier molecular flexibility index (Phi) is 4.25. The van der Waals surface area contributed by atoms with E-state index in [1.807, 2.05) is 25.1 Å². The summed E-state index contributed by atoms with van der Waals surface area (Å²) >= 11 is 0. The largest absolute Gasteiger partial charge is 0.465 e. The van der Waals surface area contributed by atoms with Gasteiger partial charge in [0, 0.05) is 23.8 Å². The zero-order valence-electron chi connectivity index (χ0n) is 15.2. The molecule has 27 heavy (non-hydrogen) atoms. The van der Waals surface area contributed by atoms with Gasteiger partial charge in [0.05, 0.1) is 11.6 Å². The molecule has 0 spiro atoms. The second kappa shape index (κ2) is 6.61. The van der Waals surface area contributed by atoms with Crippen molar-refractivity contribution >= 4 is 23.5 Å². The van der Waals surface area contributed by atoms with E-state index in [-0.39, 0.29) is 17.9 Å². The average molecular weight is 369 g/mol. The Labute approximate surface area is 156 Å². The topological polar surface area (TPSA) is 122 Å². The van der Waals surface area contributed by atoms with Gasteiger partial charge in [-0.15, -0.1) is 0 Å². The summed E-state index contributed by atoms with van der Waals surface area (Å²) in [7, 11) is 0. The van der Waals surface area contributed by atoms with E-state index in [1.54, 1.807) is 0 Å². The molecule has 5 N–H and O–H groups in total. The van der Waals surface area contributed by atoms with Crippen LogP contribution in [0.5, 0.6) is 0 Å².